The third-order valence-electron chi connectivity index (χ3n) is 2.34. The van der Waals surface area contributed by atoms with Gasteiger partial charge in [-0.05, 0) is 25.9 Å². The second kappa shape index (κ2) is 7.48. The van der Waals surface area contributed by atoms with E-state index < -0.39 is 5.97 Å². The molecule has 15 heavy (non-hydrogen) atoms. The van der Waals surface area contributed by atoms with Gasteiger partial charge >= 0.3 is 5.97 Å². The third-order valence-corrected chi connectivity index (χ3v) is 2.34. The number of amides is 1. The molecule has 2 N–H and O–H groups in total. The molecule has 0 aromatic rings. The summed E-state index contributed by atoms with van der Waals surface area (Å²) >= 11 is 0. The van der Waals surface area contributed by atoms with Crippen LogP contribution in [0.1, 0.15) is 12.8 Å². The van der Waals surface area contributed by atoms with Crippen molar-refractivity contribution in [3.05, 3.63) is 0 Å². The highest BCUT2D eigenvalue weighted by molar-refractivity contribution is 5.85. The van der Waals surface area contributed by atoms with Crippen molar-refractivity contribution < 1.29 is 14.3 Å². The van der Waals surface area contributed by atoms with Gasteiger partial charge in [0.25, 0.3) is 0 Å². The first-order valence-corrected chi connectivity index (χ1v) is 4.79. The van der Waals surface area contributed by atoms with Crippen molar-refractivity contribution in [2.24, 2.45) is 5.92 Å². The van der Waals surface area contributed by atoms with Gasteiger partial charge in [0.15, 0.2) is 0 Å². The first-order chi connectivity index (χ1) is 6.74. The summed E-state index contributed by atoms with van der Waals surface area (Å²) in [6, 6.07) is 0. The molecule has 0 unspecified atom stereocenters. The van der Waals surface area contributed by atoms with Gasteiger partial charge in [0.1, 0.15) is 6.54 Å². The summed E-state index contributed by atoms with van der Waals surface area (Å²) in [4.78, 5) is 22.2. The smallest absolute Gasteiger partial charge is 0.325 e. The van der Waals surface area contributed by atoms with Gasteiger partial charge in [0.2, 0.25) is 5.91 Å². The summed E-state index contributed by atoms with van der Waals surface area (Å²) in [5.41, 5.74) is 0. The Morgan fingerprint density at radius 3 is 2.53 bits per heavy atom. The molecule has 1 saturated heterocycles. The predicted octanol–water partition coefficient (Wildman–Crippen LogP) is -0.303. The van der Waals surface area contributed by atoms with E-state index in [1.807, 2.05) is 0 Å². The summed E-state index contributed by atoms with van der Waals surface area (Å²) in [6.07, 6.45) is 1.68. The van der Waals surface area contributed by atoms with Gasteiger partial charge < -0.3 is 15.4 Å². The molecule has 1 aliphatic heterocycles. The first kappa shape index (κ1) is 14.2. The van der Waals surface area contributed by atoms with Gasteiger partial charge in [-0.1, -0.05) is 0 Å². The largest absolute Gasteiger partial charge is 0.468 e. The van der Waals surface area contributed by atoms with Crippen molar-refractivity contribution in [2.45, 2.75) is 12.8 Å². The molecule has 0 spiro atoms. The van der Waals surface area contributed by atoms with Crippen molar-refractivity contribution in [2.75, 3.05) is 26.7 Å². The van der Waals surface area contributed by atoms with E-state index in [4.69, 9.17) is 0 Å². The van der Waals surface area contributed by atoms with E-state index in [0.29, 0.717) is 0 Å². The van der Waals surface area contributed by atoms with Crippen LogP contribution in [0.2, 0.25) is 0 Å². The lowest BCUT2D eigenvalue weighted by Crippen LogP contribution is -2.40. The van der Waals surface area contributed by atoms with Crippen molar-refractivity contribution in [1.29, 1.82) is 0 Å². The lowest BCUT2D eigenvalue weighted by atomic mass is 9.97. The summed E-state index contributed by atoms with van der Waals surface area (Å²) < 4.78 is 4.42. The summed E-state index contributed by atoms with van der Waals surface area (Å²) in [5.74, 6) is -0.412. The quantitative estimate of drug-likeness (QED) is 0.661. The topological polar surface area (TPSA) is 67.4 Å². The molecule has 6 heteroatoms. The van der Waals surface area contributed by atoms with E-state index in [1.54, 1.807) is 0 Å². The Morgan fingerprint density at radius 1 is 1.40 bits per heavy atom. The van der Waals surface area contributed by atoms with E-state index in [0.717, 1.165) is 25.9 Å². The number of esters is 1. The van der Waals surface area contributed by atoms with E-state index in [9.17, 15) is 9.59 Å². The molecule has 1 rings (SSSR count). The van der Waals surface area contributed by atoms with E-state index >= 15 is 0 Å². The number of carbonyl (C=O) groups is 2. The molecular weight excluding hydrogens is 220 g/mol. The molecule has 0 bridgehead atoms. The number of methoxy groups -OCH3 is 1. The average molecular weight is 237 g/mol. The van der Waals surface area contributed by atoms with Crippen LogP contribution in [0.15, 0.2) is 0 Å². The van der Waals surface area contributed by atoms with Crippen LogP contribution in [-0.4, -0.2) is 38.6 Å². The zero-order chi connectivity index (χ0) is 10.4. The molecule has 1 heterocycles. The fraction of sp³-hybridized carbons (Fsp3) is 0.778. The Labute approximate surface area is 95.3 Å². The SMILES string of the molecule is COC(=O)CNC(=O)C1CCNCC1.Cl. The zero-order valence-corrected chi connectivity index (χ0v) is 9.56. The number of nitrogens with one attached hydrogen (secondary N) is 2. The van der Waals surface area contributed by atoms with Crippen molar-refractivity contribution in [3.63, 3.8) is 0 Å². The second-order valence-corrected chi connectivity index (χ2v) is 3.32. The van der Waals surface area contributed by atoms with Crippen LogP contribution in [0.25, 0.3) is 0 Å². The van der Waals surface area contributed by atoms with Gasteiger partial charge in [-0.2, -0.15) is 0 Å². The Kier molecular flexibility index (Phi) is 7.07. The van der Waals surface area contributed by atoms with E-state index in [-0.39, 0.29) is 30.8 Å². The number of hydrogen-bond acceptors (Lipinski definition) is 4. The maximum absolute atomic E-state index is 11.5. The lowest BCUT2D eigenvalue weighted by Gasteiger charge is -2.21. The van der Waals surface area contributed by atoms with Gasteiger partial charge in [-0.3, -0.25) is 9.59 Å². The fourth-order valence-corrected chi connectivity index (χ4v) is 1.46. The molecule has 88 valence electrons. The van der Waals surface area contributed by atoms with E-state index in [1.165, 1.54) is 7.11 Å². The average Bonchev–Trinajstić information content (AvgIpc) is 2.26. The molecule has 0 aromatic carbocycles. The number of hydrogen-bond donors (Lipinski definition) is 2. The number of rotatable bonds is 3. The molecule has 0 aromatic heterocycles. The number of halogens is 1. The second-order valence-electron chi connectivity index (χ2n) is 3.32. The molecule has 0 aliphatic carbocycles. The normalized spacial score (nSPS) is 16.3. The van der Waals surface area contributed by atoms with Crippen LogP contribution in [0, 0.1) is 5.92 Å². The lowest BCUT2D eigenvalue weighted by molar-refractivity contribution is -0.141. The number of piperidine rings is 1. The minimum atomic E-state index is -0.410. The molecule has 0 radical (unpaired) electrons. The Hall–Kier alpha value is -0.810. The first-order valence-electron chi connectivity index (χ1n) is 4.79. The van der Waals surface area contributed by atoms with Crippen molar-refractivity contribution >= 4 is 24.3 Å². The van der Waals surface area contributed by atoms with Crippen LogP contribution in [0.3, 0.4) is 0 Å². The molecule has 1 aliphatic rings. The Bertz CT molecular complexity index is 217. The van der Waals surface area contributed by atoms with Crippen LogP contribution >= 0.6 is 12.4 Å². The molecule has 5 nitrogen and oxygen atoms in total. The standard InChI is InChI=1S/C9H16N2O3.ClH/c1-14-8(12)6-11-9(13)7-2-4-10-5-3-7;/h7,10H,2-6H2,1H3,(H,11,13);1H. The Morgan fingerprint density at radius 2 is 2.00 bits per heavy atom. The summed E-state index contributed by atoms with van der Waals surface area (Å²) in [6.45, 7) is 1.71. The molecule has 1 fully saturated rings. The molecule has 1 amide bonds. The monoisotopic (exact) mass is 236 g/mol. The highest BCUT2D eigenvalue weighted by Crippen LogP contribution is 2.10. The van der Waals surface area contributed by atoms with Crippen molar-refractivity contribution in [3.8, 4) is 0 Å². The highest BCUT2D eigenvalue weighted by atomic mass is 35.5. The van der Waals surface area contributed by atoms with Gasteiger partial charge in [0, 0.05) is 5.92 Å². The van der Waals surface area contributed by atoms with Crippen LogP contribution < -0.4 is 10.6 Å². The third kappa shape index (κ3) is 4.99. The molecular formula is C9H17ClN2O3. The van der Waals surface area contributed by atoms with Crippen LogP contribution in [0.4, 0.5) is 0 Å². The maximum Gasteiger partial charge on any atom is 0.325 e. The minimum absolute atomic E-state index is 0. The maximum atomic E-state index is 11.5. The van der Waals surface area contributed by atoms with Gasteiger partial charge in [-0.25, -0.2) is 0 Å². The van der Waals surface area contributed by atoms with Gasteiger partial charge in [-0.15, -0.1) is 12.4 Å². The number of ether oxygens (including phenoxy) is 1. The summed E-state index contributed by atoms with van der Waals surface area (Å²) in [5, 5.41) is 5.74. The fourth-order valence-electron chi connectivity index (χ4n) is 1.46. The highest BCUT2D eigenvalue weighted by Gasteiger charge is 2.20. The predicted molar refractivity (Wildman–Crippen MR) is 57.9 cm³/mol. The van der Waals surface area contributed by atoms with Crippen LogP contribution in [0.5, 0.6) is 0 Å². The van der Waals surface area contributed by atoms with Gasteiger partial charge in [0.05, 0.1) is 7.11 Å². The number of carbonyl (C=O) groups excluding carboxylic acids is 2. The van der Waals surface area contributed by atoms with Crippen molar-refractivity contribution in [1.82, 2.24) is 10.6 Å². The zero-order valence-electron chi connectivity index (χ0n) is 8.75. The molecule has 0 saturated carbocycles. The minimum Gasteiger partial charge on any atom is -0.468 e. The van der Waals surface area contributed by atoms with Crippen LogP contribution in [-0.2, 0) is 14.3 Å². The Balaban J connectivity index is 0.00000196. The van der Waals surface area contributed by atoms with E-state index in [2.05, 4.69) is 15.4 Å². The summed E-state index contributed by atoms with van der Waals surface area (Å²) in [7, 11) is 1.30. The molecule has 0 atom stereocenters.